The zero-order chi connectivity index (χ0) is 14.1. The van der Waals surface area contributed by atoms with Gasteiger partial charge in [0.05, 0.1) is 5.54 Å². The van der Waals surface area contributed by atoms with Gasteiger partial charge >= 0.3 is 0 Å². The summed E-state index contributed by atoms with van der Waals surface area (Å²) in [7, 11) is 1.74. The Kier molecular flexibility index (Phi) is 6.53. The molecule has 0 radical (unpaired) electrons. The fraction of sp³-hybridized carbons (Fsp3) is 0.533. The van der Waals surface area contributed by atoms with Gasteiger partial charge in [-0.15, -0.1) is 0 Å². The van der Waals surface area contributed by atoms with Crippen LogP contribution in [0.25, 0.3) is 0 Å². The van der Waals surface area contributed by atoms with Crippen LogP contribution in [-0.4, -0.2) is 31.7 Å². The van der Waals surface area contributed by atoms with Gasteiger partial charge in [0.25, 0.3) is 0 Å². The Labute approximate surface area is 115 Å². The molecule has 0 saturated heterocycles. The number of hydrogen-bond acceptors (Lipinski definition) is 3. The van der Waals surface area contributed by atoms with Crippen LogP contribution in [0.3, 0.4) is 0 Å². The van der Waals surface area contributed by atoms with Crippen LogP contribution in [0.1, 0.15) is 25.3 Å². The highest BCUT2D eigenvalue weighted by Gasteiger charge is 2.28. The molecule has 19 heavy (non-hydrogen) atoms. The predicted octanol–water partition coefficient (Wildman–Crippen LogP) is 1.49. The van der Waals surface area contributed by atoms with Crippen molar-refractivity contribution >= 4 is 5.91 Å². The third kappa shape index (κ3) is 5.41. The average molecular weight is 264 g/mol. The van der Waals surface area contributed by atoms with Crippen LogP contribution in [0.5, 0.6) is 0 Å². The van der Waals surface area contributed by atoms with Gasteiger partial charge in [0, 0.05) is 13.2 Å². The Bertz CT molecular complexity index is 381. The summed E-state index contributed by atoms with van der Waals surface area (Å²) in [6.45, 7) is 3.03. The lowest BCUT2D eigenvalue weighted by molar-refractivity contribution is -0.124. The summed E-state index contributed by atoms with van der Waals surface area (Å²) in [6, 6.07) is 10.3. The molecular formula is C15H24N2O2. The number of carbonyl (C=O) groups is 1. The van der Waals surface area contributed by atoms with E-state index in [0.717, 1.165) is 12.8 Å². The van der Waals surface area contributed by atoms with Gasteiger partial charge in [-0.25, -0.2) is 0 Å². The van der Waals surface area contributed by atoms with E-state index >= 15 is 0 Å². The van der Waals surface area contributed by atoms with Gasteiger partial charge in [-0.05, 0) is 38.8 Å². The summed E-state index contributed by atoms with van der Waals surface area (Å²) in [5.41, 5.74) is 5.98. The number of nitrogens with two attached hydrogens (primary N) is 1. The first-order valence-electron chi connectivity index (χ1n) is 6.69. The quantitative estimate of drug-likeness (QED) is 0.664. The molecule has 1 atom stereocenters. The molecule has 4 heteroatoms. The Morgan fingerprint density at radius 3 is 2.58 bits per heavy atom. The molecule has 0 spiro atoms. The van der Waals surface area contributed by atoms with Crippen LogP contribution < -0.4 is 11.1 Å². The van der Waals surface area contributed by atoms with Crippen molar-refractivity contribution in [1.29, 1.82) is 0 Å². The number of hydrogen-bond donors (Lipinski definition) is 2. The molecule has 0 aliphatic carbocycles. The van der Waals surface area contributed by atoms with Crippen LogP contribution in [0.15, 0.2) is 30.3 Å². The highest BCUT2D eigenvalue weighted by atomic mass is 16.5. The van der Waals surface area contributed by atoms with Gasteiger partial charge in [0.1, 0.15) is 0 Å². The van der Waals surface area contributed by atoms with Crippen molar-refractivity contribution in [2.75, 3.05) is 20.3 Å². The van der Waals surface area contributed by atoms with Crippen molar-refractivity contribution in [1.82, 2.24) is 5.32 Å². The van der Waals surface area contributed by atoms with E-state index in [1.165, 1.54) is 5.56 Å². The largest absolute Gasteiger partial charge is 0.381 e. The van der Waals surface area contributed by atoms with Gasteiger partial charge < -0.3 is 15.8 Å². The molecule has 0 bridgehead atoms. The molecular weight excluding hydrogens is 240 g/mol. The van der Waals surface area contributed by atoms with E-state index < -0.39 is 5.54 Å². The van der Waals surface area contributed by atoms with Gasteiger partial charge in [-0.2, -0.15) is 0 Å². The van der Waals surface area contributed by atoms with E-state index in [-0.39, 0.29) is 5.91 Å². The van der Waals surface area contributed by atoms with Crippen LogP contribution >= 0.6 is 0 Å². The normalized spacial score (nSPS) is 14.0. The zero-order valence-electron chi connectivity index (χ0n) is 11.8. The highest BCUT2D eigenvalue weighted by molar-refractivity contribution is 5.84. The summed E-state index contributed by atoms with van der Waals surface area (Å²) < 4.78 is 5.56. The molecule has 0 aliphatic rings. The fourth-order valence-electron chi connectivity index (χ4n) is 1.77. The molecule has 1 aromatic carbocycles. The number of carbonyl (C=O) groups excluding carboxylic acids is 1. The molecule has 1 amide bonds. The maximum Gasteiger partial charge on any atom is 0.237 e. The fourth-order valence-corrected chi connectivity index (χ4v) is 1.77. The number of ether oxygens (including phenoxy) is 1. The second-order valence-electron chi connectivity index (χ2n) is 4.90. The second kappa shape index (κ2) is 7.92. The van der Waals surface area contributed by atoms with E-state index in [0.29, 0.717) is 19.6 Å². The molecule has 0 aromatic heterocycles. The summed E-state index contributed by atoms with van der Waals surface area (Å²) in [4.78, 5) is 11.3. The van der Waals surface area contributed by atoms with E-state index in [1.54, 1.807) is 14.0 Å². The van der Waals surface area contributed by atoms with Gasteiger partial charge in [0.15, 0.2) is 0 Å². The minimum Gasteiger partial charge on any atom is -0.381 e. The molecule has 1 aromatic rings. The van der Waals surface area contributed by atoms with Crippen molar-refractivity contribution in [2.45, 2.75) is 31.7 Å². The van der Waals surface area contributed by atoms with Crippen LogP contribution in [0, 0.1) is 0 Å². The number of likely N-dealkylation sites (N-methyl/N-ethyl adjacent to an activating group) is 1. The van der Waals surface area contributed by atoms with Crippen molar-refractivity contribution in [3.8, 4) is 0 Å². The lowest BCUT2D eigenvalue weighted by atomic mass is 9.98. The van der Waals surface area contributed by atoms with E-state index in [2.05, 4.69) is 17.4 Å². The summed E-state index contributed by atoms with van der Waals surface area (Å²) in [6.07, 6.45) is 2.58. The maximum absolute atomic E-state index is 11.3. The molecule has 1 unspecified atom stereocenters. The SMILES string of the molecule is CNC(C)(CCOCCCc1ccccc1)C(N)=O. The third-order valence-electron chi connectivity index (χ3n) is 3.44. The Hall–Kier alpha value is -1.39. The van der Waals surface area contributed by atoms with Gasteiger partial charge in [0.2, 0.25) is 5.91 Å². The summed E-state index contributed by atoms with van der Waals surface area (Å²) >= 11 is 0. The van der Waals surface area contributed by atoms with Gasteiger partial charge in [-0.1, -0.05) is 30.3 Å². The molecule has 0 saturated carbocycles. The molecule has 4 nitrogen and oxygen atoms in total. The first kappa shape index (κ1) is 15.7. The highest BCUT2D eigenvalue weighted by Crippen LogP contribution is 2.08. The molecule has 106 valence electrons. The lowest BCUT2D eigenvalue weighted by Crippen LogP contribution is -2.52. The number of amides is 1. The number of benzene rings is 1. The average Bonchev–Trinajstić information content (AvgIpc) is 2.43. The maximum atomic E-state index is 11.3. The number of nitrogens with one attached hydrogen (secondary N) is 1. The number of rotatable bonds is 9. The molecule has 0 aliphatic heterocycles. The van der Waals surface area contributed by atoms with Crippen LogP contribution in [-0.2, 0) is 16.0 Å². The second-order valence-corrected chi connectivity index (χ2v) is 4.90. The Morgan fingerprint density at radius 2 is 2.00 bits per heavy atom. The number of primary amides is 1. The molecule has 1 rings (SSSR count). The summed E-state index contributed by atoms with van der Waals surface area (Å²) in [5.74, 6) is -0.345. The molecule has 0 fully saturated rings. The number of aryl methyl sites for hydroxylation is 1. The van der Waals surface area contributed by atoms with Crippen molar-refractivity contribution < 1.29 is 9.53 Å². The molecule has 3 N–H and O–H groups in total. The monoisotopic (exact) mass is 264 g/mol. The van der Waals surface area contributed by atoms with Crippen molar-refractivity contribution in [3.05, 3.63) is 35.9 Å². The van der Waals surface area contributed by atoms with E-state index in [1.807, 2.05) is 18.2 Å². The minimum absolute atomic E-state index is 0.345. The zero-order valence-corrected chi connectivity index (χ0v) is 11.8. The van der Waals surface area contributed by atoms with Gasteiger partial charge in [-0.3, -0.25) is 4.79 Å². The van der Waals surface area contributed by atoms with E-state index in [9.17, 15) is 4.79 Å². The first-order valence-corrected chi connectivity index (χ1v) is 6.69. The van der Waals surface area contributed by atoms with Crippen LogP contribution in [0.4, 0.5) is 0 Å². The predicted molar refractivity (Wildman–Crippen MR) is 76.9 cm³/mol. The molecule has 0 heterocycles. The minimum atomic E-state index is -0.681. The van der Waals surface area contributed by atoms with Crippen LogP contribution in [0.2, 0.25) is 0 Å². The van der Waals surface area contributed by atoms with Crippen molar-refractivity contribution in [3.63, 3.8) is 0 Å². The van der Waals surface area contributed by atoms with E-state index in [4.69, 9.17) is 10.5 Å². The smallest absolute Gasteiger partial charge is 0.237 e. The third-order valence-corrected chi connectivity index (χ3v) is 3.44. The standard InChI is InChI=1S/C15H24N2O2/c1-15(17-2,14(16)18)10-12-19-11-6-9-13-7-4-3-5-8-13/h3-5,7-8,17H,6,9-12H2,1-2H3,(H2,16,18). The Morgan fingerprint density at radius 1 is 1.32 bits per heavy atom. The lowest BCUT2D eigenvalue weighted by Gasteiger charge is -2.25. The first-order chi connectivity index (χ1) is 9.08. The Balaban J connectivity index is 2.13. The summed E-state index contributed by atoms with van der Waals surface area (Å²) in [5, 5.41) is 2.94. The van der Waals surface area contributed by atoms with Crippen molar-refractivity contribution in [2.24, 2.45) is 5.73 Å². The topological polar surface area (TPSA) is 64.3 Å².